The Morgan fingerprint density at radius 1 is 1.35 bits per heavy atom. The van der Waals surface area contributed by atoms with Crippen LogP contribution in [0.4, 0.5) is 5.69 Å². The molecule has 0 aliphatic rings. The van der Waals surface area contributed by atoms with Gasteiger partial charge in [0.15, 0.2) is 0 Å². The minimum Gasteiger partial charge on any atom is -0.495 e. The maximum absolute atomic E-state index is 10.8. The van der Waals surface area contributed by atoms with Crippen LogP contribution in [0.2, 0.25) is 0 Å². The van der Waals surface area contributed by atoms with E-state index in [0.29, 0.717) is 6.42 Å². The lowest BCUT2D eigenvalue weighted by Gasteiger charge is -2.14. The maximum Gasteiger partial charge on any atom is 0.142 e. The van der Waals surface area contributed by atoms with E-state index in [0.717, 1.165) is 24.4 Å². The van der Waals surface area contributed by atoms with Crippen LogP contribution in [0, 0.1) is 13.8 Å². The summed E-state index contributed by atoms with van der Waals surface area (Å²) in [5.74, 6) is 1.10. The standard InChI is InChI=1S/C14H21NO2/c1-10-8-11(2)14(13(9-10)17-4)15-7-5-6-12(3)16/h8-9,15H,5-7H2,1-4H3. The Kier molecular flexibility index (Phi) is 5.01. The number of aryl methyl sites for hydroxylation is 2. The van der Waals surface area contributed by atoms with Gasteiger partial charge in [0.05, 0.1) is 12.8 Å². The largest absolute Gasteiger partial charge is 0.495 e. The van der Waals surface area contributed by atoms with Gasteiger partial charge in [-0.25, -0.2) is 0 Å². The van der Waals surface area contributed by atoms with E-state index < -0.39 is 0 Å². The molecule has 1 rings (SSSR count). The SMILES string of the molecule is COc1cc(C)cc(C)c1NCCCC(C)=O. The smallest absolute Gasteiger partial charge is 0.142 e. The summed E-state index contributed by atoms with van der Waals surface area (Å²) in [6.45, 7) is 6.52. The highest BCUT2D eigenvalue weighted by Gasteiger charge is 2.06. The number of anilines is 1. The predicted molar refractivity (Wildman–Crippen MR) is 70.9 cm³/mol. The van der Waals surface area contributed by atoms with Crippen molar-refractivity contribution < 1.29 is 9.53 Å². The van der Waals surface area contributed by atoms with E-state index in [9.17, 15) is 4.79 Å². The number of carbonyl (C=O) groups excluding carboxylic acids is 1. The average Bonchev–Trinajstić information content (AvgIpc) is 2.25. The minimum absolute atomic E-state index is 0.236. The monoisotopic (exact) mass is 235 g/mol. The van der Waals surface area contributed by atoms with Crippen LogP contribution >= 0.6 is 0 Å². The van der Waals surface area contributed by atoms with Crippen molar-refractivity contribution in [2.24, 2.45) is 0 Å². The molecule has 94 valence electrons. The molecular formula is C14H21NO2. The lowest BCUT2D eigenvalue weighted by Crippen LogP contribution is -2.06. The molecule has 0 fully saturated rings. The Bertz CT molecular complexity index is 399. The number of carbonyl (C=O) groups is 1. The first-order chi connectivity index (χ1) is 8.04. The third-order valence-electron chi connectivity index (χ3n) is 2.67. The van der Waals surface area contributed by atoms with Crippen LogP contribution in [0.25, 0.3) is 0 Å². The van der Waals surface area contributed by atoms with E-state index in [1.807, 2.05) is 6.07 Å². The van der Waals surface area contributed by atoms with Crippen molar-refractivity contribution in [3.63, 3.8) is 0 Å². The molecule has 3 heteroatoms. The zero-order chi connectivity index (χ0) is 12.8. The van der Waals surface area contributed by atoms with Crippen LogP contribution in [-0.4, -0.2) is 19.4 Å². The molecule has 0 unspecified atom stereocenters. The molecule has 0 aromatic heterocycles. The van der Waals surface area contributed by atoms with Crippen LogP contribution in [0.15, 0.2) is 12.1 Å². The highest BCUT2D eigenvalue weighted by atomic mass is 16.5. The van der Waals surface area contributed by atoms with Gasteiger partial charge < -0.3 is 14.8 Å². The quantitative estimate of drug-likeness (QED) is 0.770. The second-order valence-electron chi connectivity index (χ2n) is 4.39. The molecule has 0 aliphatic carbocycles. The van der Waals surface area contributed by atoms with Crippen LogP contribution in [0.1, 0.15) is 30.9 Å². The number of methoxy groups -OCH3 is 1. The number of rotatable bonds is 6. The first kappa shape index (κ1) is 13.6. The van der Waals surface area contributed by atoms with Gasteiger partial charge in [-0.15, -0.1) is 0 Å². The molecule has 1 N–H and O–H groups in total. The van der Waals surface area contributed by atoms with Crippen LogP contribution in [0.5, 0.6) is 5.75 Å². The molecule has 0 heterocycles. The molecule has 0 bridgehead atoms. The predicted octanol–water partition coefficient (Wildman–Crippen LogP) is 3.09. The van der Waals surface area contributed by atoms with E-state index >= 15 is 0 Å². The molecule has 1 aromatic rings. The summed E-state index contributed by atoms with van der Waals surface area (Å²) in [6, 6.07) is 4.14. The van der Waals surface area contributed by atoms with Crippen molar-refractivity contribution in [3.8, 4) is 5.75 Å². The van der Waals surface area contributed by atoms with Gasteiger partial charge in [0.2, 0.25) is 0 Å². The Hall–Kier alpha value is -1.51. The molecule has 17 heavy (non-hydrogen) atoms. The van der Waals surface area contributed by atoms with E-state index in [2.05, 4.69) is 25.2 Å². The number of ketones is 1. The van der Waals surface area contributed by atoms with Gasteiger partial charge in [-0.1, -0.05) is 6.07 Å². The molecule has 0 atom stereocenters. The van der Waals surface area contributed by atoms with E-state index in [4.69, 9.17) is 4.74 Å². The summed E-state index contributed by atoms with van der Waals surface area (Å²) < 4.78 is 5.36. The number of hydrogen-bond donors (Lipinski definition) is 1. The van der Waals surface area contributed by atoms with Crippen molar-refractivity contribution >= 4 is 11.5 Å². The van der Waals surface area contributed by atoms with E-state index in [1.54, 1.807) is 14.0 Å². The maximum atomic E-state index is 10.8. The molecule has 0 amide bonds. The topological polar surface area (TPSA) is 38.3 Å². The van der Waals surface area contributed by atoms with Gasteiger partial charge in [-0.2, -0.15) is 0 Å². The second kappa shape index (κ2) is 6.28. The number of Topliss-reactive ketones (excluding diaryl/α,β-unsaturated/α-hetero) is 1. The first-order valence-corrected chi connectivity index (χ1v) is 5.93. The third kappa shape index (κ3) is 4.10. The van der Waals surface area contributed by atoms with Crippen molar-refractivity contribution in [2.75, 3.05) is 19.0 Å². The molecule has 0 spiro atoms. The molecular weight excluding hydrogens is 214 g/mol. The molecule has 0 aliphatic heterocycles. The molecule has 1 aromatic carbocycles. The minimum atomic E-state index is 0.236. The van der Waals surface area contributed by atoms with Gasteiger partial charge in [0, 0.05) is 13.0 Å². The number of hydrogen-bond acceptors (Lipinski definition) is 3. The van der Waals surface area contributed by atoms with Crippen molar-refractivity contribution in [3.05, 3.63) is 23.3 Å². The van der Waals surface area contributed by atoms with E-state index in [-0.39, 0.29) is 5.78 Å². The highest BCUT2D eigenvalue weighted by Crippen LogP contribution is 2.29. The summed E-state index contributed by atoms with van der Waals surface area (Å²) in [6.07, 6.45) is 1.48. The first-order valence-electron chi connectivity index (χ1n) is 5.93. The highest BCUT2D eigenvalue weighted by molar-refractivity contribution is 5.75. The van der Waals surface area contributed by atoms with Crippen molar-refractivity contribution in [2.45, 2.75) is 33.6 Å². The molecule has 0 saturated heterocycles. The fourth-order valence-corrected chi connectivity index (χ4v) is 1.87. The van der Waals surface area contributed by atoms with Crippen LogP contribution in [-0.2, 0) is 4.79 Å². The zero-order valence-electron chi connectivity index (χ0n) is 11.1. The summed E-state index contributed by atoms with van der Waals surface area (Å²) >= 11 is 0. The molecule has 3 nitrogen and oxygen atoms in total. The fraction of sp³-hybridized carbons (Fsp3) is 0.500. The lowest BCUT2D eigenvalue weighted by atomic mass is 10.1. The van der Waals surface area contributed by atoms with Crippen LogP contribution in [0.3, 0.4) is 0 Å². The summed E-state index contributed by atoms with van der Waals surface area (Å²) in [5.41, 5.74) is 3.39. The van der Waals surface area contributed by atoms with Gasteiger partial charge in [-0.3, -0.25) is 0 Å². The number of benzene rings is 1. The van der Waals surface area contributed by atoms with Gasteiger partial charge >= 0.3 is 0 Å². The van der Waals surface area contributed by atoms with Crippen molar-refractivity contribution in [1.82, 2.24) is 0 Å². The normalized spacial score (nSPS) is 10.1. The van der Waals surface area contributed by atoms with Gasteiger partial charge in [0.1, 0.15) is 11.5 Å². The van der Waals surface area contributed by atoms with Gasteiger partial charge in [0.25, 0.3) is 0 Å². The summed E-state index contributed by atoms with van der Waals surface area (Å²) in [4.78, 5) is 10.8. The molecule has 0 radical (unpaired) electrons. The zero-order valence-corrected chi connectivity index (χ0v) is 11.1. The molecule has 0 saturated carbocycles. The van der Waals surface area contributed by atoms with Crippen LogP contribution < -0.4 is 10.1 Å². The summed E-state index contributed by atoms with van der Waals surface area (Å²) in [7, 11) is 1.68. The Morgan fingerprint density at radius 2 is 2.06 bits per heavy atom. The Balaban J connectivity index is 2.66. The second-order valence-corrected chi connectivity index (χ2v) is 4.39. The third-order valence-corrected chi connectivity index (χ3v) is 2.67. The number of nitrogens with one attached hydrogen (secondary N) is 1. The summed E-state index contributed by atoms with van der Waals surface area (Å²) in [5, 5.41) is 3.34. The number of ether oxygens (including phenoxy) is 1. The Labute approximate surface area is 103 Å². The average molecular weight is 235 g/mol. The Morgan fingerprint density at radius 3 is 2.65 bits per heavy atom. The van der Waals surface area contributed by atoms with Crippen molar-refractivity contribution in [1.29, 1.82) is 0 Å². The fourth-order valence-electron chi connectivity index (χ4n) is 1.87. The van der Waals surface area contributed by atoms with E-state index in [1.165, 1.54) is 11.1 Å². The lowest BCUT2D eigenvalue weighted by molar-refractivity contribution is -0.117. The van der Waals surface area contributed by atoms with Gasteiger partial charge in [-0.05, 0) is 44.4 Å².